The summed E-state index contributed by atoms with van der Waals surface area (Å²) in [6.45, 7) is 0. The quantitative estimate of drug-likeness (QED) is 0.778. The van der Waals surface area contributed by atoms with Crippen molar-refractivity contribution < 1.29 is 28.4 Å². The third-order valence-electron chi connectivity index (χ3n) is 4.62. The molecule has 1 heterocycles. The average molecular weight is 360 g/mol. The summed E-state index contributed by atoms with van der Waals surface area (Å²) in [4.78, 5) is 0. The SMILES string of the molecule is COc1cc(OC)c2c(c1)OC(c1ccc(OC)c(OC)c1)CC2OC. The Bertz CT molecular complexity index is 773. The second-order valence-corrected chi connectivity index (χ2v) is 5.92. The van der Waals surface area contributed by atoms with E-state index in [2.05, 4.69) is 0 Å². The largest absolute Gasteiger partial charge is 0.496 e. The number of fused-ring (bicyclic) bond motifs is 1. The Hall–Kier alpha value is -2.60. The summed E-state index contributed by atoms with van der Waals surface area (Å²) < 4.78 is 33.6. The zero-order valence-electron chi connectivity index (χ0n) is 15.7. The maximum absolute atomic E-state index is 6.27. The topological polar surface area (TPSA) is 55.4 Å². The van der Waals surface area contributed by atoms with Crippen LogP contribution in [0, 0.1) is 0 Å². The van der Waals surface area contributed by atoms with Crippen LogP contribution in [0.15, 0.2) is 30.3 Å². The van der Waals surface area contributed by atoms with Gasteiger partial charge < -0.3 is 28.4 Å². The fourth-order valence-electron chi connectivity index (χ4n) is 3.26. The fraction of sp³-hybridized carbons (Fsp3) is 0.400. The molecular weight excluding hydrogens is 336 g/mol. The molecule has 3 rings (SSSR count). The van der Waals surface area contributed by atoms with Crippen LogP contribution in [0.2, 0.25) is 0 Å². The first-order valence-corrected chi connectivity index (χ1v) is 8.32. The molecule has 6 heteroatoms. The molecule has 2 aromatic carbocycles. The Morgan fingerprint density at radius 1 is 0.808 bits per heavy atom. The number of hydrogen-bond donors (Lipinski definition) is 0. The molecule has 0 N–H and O–H groups in total. The van der Waals surface area contributed by atoms with Gasteiger partial charge in [0.2, 0.25) is 0 Å². The summed E-state index contributed by atoms with van der Waals surface area (Å²) in [6.07, 6.45) is 0.309. The number of benzene rings is 2. The summed E-state index contributed by atoms with van der Waals surface area (Å²) in [7, 11) is 8.16. The van der Waals surface area contributed by atoms with Gasteiger partial charge in [0.25, 0.3) is 0 Å². The first-order valence-electron chi connectivity index (χ1n) is 8.32. The number of hydrogen-bond acceptors (Lipinski definition) is 6. The van der Waals surface area contributed by atoms with E-state index in [4.69, 9.17) is 28.4 Å². The average Bonchev–Trinajstić information content (AvgIpc) is 2.71. The first-order chi connectivity index (χ1) is 12.6. The van der Waals surface area contributed by atoms with Crippen LogP contribution in [-0.4, -0.2) is 35.5 Å². The Balaban J connectivity index is 2.01. The molecule has 1 aliphatic rings. The first kappa shape index (κ1) is 18.2. The van der Waals surface area contributed by atoms with E-state index in [1.54, 1.807) is 35.5 Å². The molecule has 0 aromatic heterocycles. The zero-order valence-corrected chi connectivity index (χ0v) is 15.7. The molecule has 0 saturated heterocycles. The Kier molecular flexibility index (Phi) is 5.42. The fourth-order valence-corrected chi connectivity index (χ4v) is 3.26. The van der Waals surface area contributed by atoms with E-state index in [0.717, 1.165) is 11.1 Å². The molecule has 0 bridgehead atoms. The van der Waals surface area contributed by atoms with Crippen molar-refractivity contribution in [3.8, 4) is 28.7 Å². The molecule has 2 atom stereocenters. The van der Waals surface area contributed by atoms with Crippen molar-refractivity contribution in [3.63, 3.8) is 0 Å². The molecule has 0 fully saturated rings. The lowest BCUT2D eigenvalue weighted by atomic mass is 9.93. The van der Waals surface area contributed by atoms with Crippen LogP contribution in [0.5, 0.6) is 28.7 Å². The van der Waals surface area contributed by atoms with Crippen LogP contribution in [0.3, 0.4) is 0 Å². The Labute approximate surface area is 153 Å². The maximum Gasteiger partial charge on any atom is 0.161 e. The normalized spacial score (nSPS) is 18.5. The highest BCUT2D eigenvalue weighted by atomic mass is 16.5. The minimum absolute atomic E-state index is 0.155. The number of ether oxygens (including phenoxy) is 6. The van der Waals surface area contributed by atoms with Crippen molar-refractivity contribution in [1.82, 2.24) is 0 Å². The standard InChI is InChI=1S/C20H24O6/c1-21-13-9-17(24-4)20-18(25-5)11-15(26-19(20)10-13)12-6-7-14(22-2)16(8-12)23-3/h6-10,15,18H,11H2,1-5H3. The van der Waals surface area contributed by atoms with Crippen molar-refractivity contribution in [3.05, 3.63) is 41.5 Å². The zero-order chi connectivity index (χ0) is 18.7. The smallest absolute Gasteiger partial charge is 0.161 e. The summed E-state index contributed by atoms with van der Waals surface area (Å²) in [5, 5.41) is 0. The number of methoxy groups -OCH3 is 5. The Morgan fingerprint density at radius 3 is 2.15 bits per heavy atom. The van der Waals surface area contributed by atoms with E-state index in [9.17, 15) is 0 Å². The highest BCUT2D eigenvalue weighted by molar-refractivity contribution is 5.54. The van der Waals surface area contributed by atoms with E-state index < -0.39 is 0 Å². The third kappa shape index (κ3) is 3.24. The van der Waals surface area contributed by atoms with E-state index in [0.29, 0.717) is 35.2 Å². The summed E-state index contributed by atoms with van der Waals surface area (Å²) >= 11 is 0. The summed E-state index contributed by atoms with van der Waals surface area (Å²) in [5.41, 5.74) is 1.88. The van der Waals surface area contributed by atoms with Gasteiger partial charge in [-0.3, -0.25) is 0 Å². The molecule has 140 valence electrons. The van der Waals surface area contributed by atoms with E-state index in [-0.39, 0.29) is 12.2 Å². The monoisotopic (exact) mass is 360 g/mol. The molecule has 0 spiro atoms. The van der Waals surface area contributed by atoms with Crippen LogP contribution < -0.4 is 23.7 Å². The van der Waals surface area contributed by atoms with Crippen molar-refractivity contribution in [2.24, 2.45) is 0 Å². The van der Waals surface area contributed by atoms with Gasteiger partial charge >= 0.3 is 0 Å². The molecule has 6 nitrogen and oxygen atoms in total. The molecule has 0 amide bonds. The minimum atomic E-state index is -0.191. The van der Waals surface area contributed by atoms with Gasteiger partial charge in [0.15, 0.2) is 11.5 Å². The predicted molar refractivity (Wildman–Crippen MR) is 96.8 cm³/mol. The van der Waals surface area contributed by atoms with Gasteiger partial charge in [-0.05, 0) is 17.7 Å². The van der Waals surface area contributed by atoms with Crippen LogP contribution in [0.25, 0.3) is 0 Å². The number of rotatable bonds is 6. The highest BCUT2D eigenvalue weighted by Gasteiger charge is 2.33. The molecule has 2 aromatic rings. The van der Waals surface area contributed by atoms with E-state index in [1.165, 1.54) is 0 Å². The van der Waals surface area contributed by atoms with Crippen LogP contribution in [0.1, 0.15) is 29.8 Å². The van der Waals surface area contributed by atoms with Gasteiger partial charge in [0.1, 0.15) is 23.4 Å². The van der Waals surface area contributed by atoms with Gasteiger partial charge in [-0.2, -0.15) is 0 Å². The second kappa shape index (κ2) is 7.74. The van der Waals surface area contributed by atoms with E-state index in [1.807, 2.05) is 30.3 Å². The van der Waals surface area contributed by atoms with Gasteiger partial charge in [-0.15, -0.1) is 0 Å². The van der Waals surface area contributed by atoms with Gasteiger partial charge in [0.05, 0.1) is 40.1 Å². The lowest BCUT2D eigenvalue weighted by Crippen LogP contribution is -2.21. The van der Waals surface area contributed by atoms with Gasteiger partial charge in [-0.25, -0.2) is 0 Å². The summed E-state index contributed by atoms with van der Waals surface area (Å²) in [5.74, 6) is 3.40. The highest BCUT2D eigenvalue weighted by Crippen LogP contribution is 2.49. The predicted octanol–water partition coefficient (Wildman–Crippen LogP) is 3.93. The minimum Gasteiger partial charge on any atom is -0.496 e. The van der Waals surface area contributed by atoms with Crippen molar-refractivity contribution >= 4 is 0 Å². The summed E-state index contributed by atoms with van der Waals surface area (Å²) in [6, 6.07) is 9.47. The molecule has 0 radical (unpaired) electrons. The molecule has 0 saturated carbocycles. The third-order valence-corrected chi connectivity index (χ3v) is 4.62. The van der Waals surface area contributed by atoms with Crippen molar-refractivity contribution in [2.75, 3.05) is 35.5 Å². The van der Waals surface area contributed by atoms with Crippen molar-refractivity contribution in [2.45, 2.75) is 18.6 Å². The lowest BCUT2D eigenvalue weighted by molar-refractivity contribution is 0.0279. The Morgan fingerprint density at radius 2 is 1.54 bits per heavy atom. The molecule has 2 unspecified atom stereocenters. The lowest BCUT2D eigenvalue weighted by Gasteiger charge is -2.33. The van der Waals surface area contributed by atoms with Crippen molar-refractivity contribution in [1.29, 1.82) is 0 Å². The van der Waals surface area contributed by atoms with E-state index >= 15 is 0 Å². The molecule has 0 aliphatic carbocycles. The second-order valence-electron chi connectivity index (χ2n) is 5.92. The molecular formula is C20H24O6. The molecule has 1 aliphatic heterocycles. The van der Waals surface area contributed by atoms with Gasteiger partial charge in [-0.1, -0.05) is 6.07 Å². The molecule has 26 heavy (non-hydrogen) atoms. The maximum atomic E-state index is 6.27. The van der Waals surface area contributed by atoms with Gasteiger partial charge in [0, 0.05) is 25.7 Å². The van der Waals surface area contributed by atoms with Crippen LogP contribution in [0.4, 0.5) is 0 Å². The van der Waals surface area contributed by atoms with Crippen LogP contribution in [-0.2, 0) is 4.74 Å². The van der Waals surface area contributed by atoms with Crippen LogP contribution >= 0.6 is 0 Å².